The molecule has 2 aliphatic heterocycles. The molecule has 7 heteroatoms. The van der Waals surface area contributed by atoms with Crippen LogP contribution in [-0.4, -0.2) is 73.3 Å². The molecule has 4 rings (SSSR count). The third kappa shape index (κ3) is 7.79. The highest BCUT2D eigenvalue weighted by Crippen LogP contribution is 2.26. The summed E-state index contributed by atoms with van der Waals surface area (Å²) in [6, 6.07) is 15.7. The number of alkyl halides is 1. The highest BCUT2D eigenvalue weighted by molar-refractivity contribution is 5.95. The number of rotatable bonds is 9. The Morgan fingerprint density at radius 2 is 1.47 bits per heavy atom. The van der Waals surface area contributed by atoms with Gasteiger partial charge in [-0.1, -0.05) is 24.3 Å². The van der Waals surface area contributed by atoms with Gasteiger partial charge in [0.25, 0.3) is 5.91 Å². The van der Waals surface area contributed by atoms with Gasteiger partial charge in [0, 0.05) is 25.2 Å². The van der Waals surface area contributed by atoms with Gasteiger partial charge in [-0.25, -0.2) is 4.39 Å². The molecule has 0 aromatic heterocycles. The van der Waals surface area contributed by atoms with E-state index in [1.54, 1.807) is 13.8 Å². The Hall–Kier alpha value is -2.93. The quantitative estimate of drug-likeness (QED) is 0.399. The molecule has 1 amide bonds. The van der Waals surface area contributed by atoms with Gasteiger partial charge in [-0.2, -0.15) is 0 Å². The van der Waals surface area contributed by atoms with Crippen LogP contribution in [-0.2, 0) is 9.53 Å². The zero-order valence-electron chi connectivity index (χ0n) is 23.0. The van der Waals surface area contributed by atoms with Crippen LogP contribution < -0.4 is 4.74 Å². The van der Waals surface area contributed by atoms with Crippen molar-refractivity contribution in [3.63, 3.8) is 0 Å². The monoisotopic (exact) mass is 524 g/mol. The standard InChI is InChI=1S/C31H41FN2O4/c1-4-37-30(36)27-15-19-34(20-16-27)29(35)26-7-5-24(6-8-26)25-9-11-28(12-10-25)38-21-23-13-17-33(18-14-23)22-31(2,3)32/h5-12,23,27H,4,13-22H2,1-3H3. The van der Waals surface area contributed by atoms with E-state index in [9.17, 15) is 14.0 Å². The molecule has 206 valence electrons. The van der Waals surface area contributed by atoms with Crippen molar-refractivity contribution in [3.05, 3.63) is 54.1 Å². The van der Waals surface area contributed by atoms with Crippen molar-refractivity contribution >= 4 is 11.9 Å². The van der Waals surface area contributed by atoms with Gasteiger partial charge in [0.2, 0.25) is 0 Å². The SMILES string of the molecule is CCOC(=O)C1CCN(C(=O)c2ccc(-c3ccc(OCC4CCN(CC(C)(C)F)CC4)cc3)cc2)CC1. The third-order valence-electron chi connectivity index (χ3n) is 7.51. The molecule has 0 N–H and O–H groups in total. The predicted octanol–water partition coefficient (Wildman–Crippen LogP) is 5.61. The van der Waals surface area contributed by atoms with Crippen LogP contribution in [0.2, 0.25) is 0 Å². The lowest BCUT2D eigenvalue weighted by Gasteiger charge is -2.34. The molecule has 0 bridgehead atoms. The van der Waals surface area contributed by atoms with Crippen molar-refractivity contribution in [3.8, 4) is 16.9 Å². The first-order valence-electron chi connectivity index (χ1n) is 13.9. The summed E-state index contributed by atoms with van der Waals surface area (Å²) in [6.07, 6.45) is 3.35. The average molecular weight is 525 g/mol. The molecule has 2 aliphatic rings. The molecule has 6 nitrogen and oxygen atoms in total. The molecule has 0 saturated carbocycles. The normalized spacial score (nSPS) is 17.8. The van der Waals surface area contributed by atoms with E-state index in [0.29, 0.717) is 57.2 Å². The van der Waals surface area contributed by atoms with Gasteiger partial charge in [0.1, 0.15) is 11.4 Å². The Labute approximate surface area is 226 Å². The number of amides is 1. The van der Waals surface area contributed by atoms with Gasteiger partial charge < -0.3 is 19.3 Å². The highest BCUT2D eigenvalue weighted by Gasteiger charge is 2.29. The van der Waals surface area contributed by atoms with Gasteiger partial charge in [0.15, 0.2) is 0 Å². The van der Waals surface area contributed by atoms with Crippen molar-refractivity contribution in [1.29, 1.82) is 0 Å². The Kier molecular flexibility index (Phi) is 9.42. The molecule has 0 radical (unpaired) electrons. The number of nitrogens with zero attached hydrogens (tertiary/aromatic N) is 2. The van der Waals surface area contributed by atoms with E-state index in [4.69, 9.17) is 9.47 Å². The summed E-state index contributed by atoms with van der Waals surface area (Å²) in [5.74, 6) is 1.08. The van der Waals surface area contributed by atoms with Crippen molar-refractivity contribution in [2.75, 3.05) is 45.9 Å². The molecule has 0 aliphatic carbocycles. The molecule has 2 saturated heterocycles. The number of esters is 1. The van der Waals surface area contributed by atoms with Crippen LogP contribution in [0.15, 0.2) is 48.5 Å². The summed E-state index contributed by atoms with van der Waals surface area (Å²) in [7, 11) is 0. The third-order valence-corrected chi connectivity index (χ3v) is 7.51. The second kappa shape index (κ2) is 12.7. The fraction of sp³-hybridized carbons (Fsp3) is 0.548. The summed E-state index contributed by atoms with van der Waals surface area (Å²) < 4.78 is 25.1. The van der Waals surface area contributed by atoms with E-state index >= 15 is 0 Å². The topological polar surface area (TPSA) is 59.1 Å². The Morgan fingerprint density at radius 3 is 2.03 bits per heavy atom. The van der Waals surface area contributed by atoms with Gasteiger partial charge in [-0.3, -0.25) is 9.59 Å². The van der Waals surface area contributed by atoms with Crippen LogP contribution in [0.1, 0.15) is 56.8 Å². The number of hydrogen-bond acceptors (Lipinski definition) is 5. The highest BCUT2D eigenvalue weighted by atomic mass is 19.1. The van der Waals surface area contributed by atoms with Crippen LogP contribution in [0.5, 0.6) is 5.75 Å². The lowest BCUT2D eigenvalue weighted by atomic mass is 9.96. The van der Waals surface area contributed by atoms with Crippen molar-refractivity contribution in [2.24, 2.45) is 11.8 Å². The molecule has 0 atom stereocenters. The van der Waals surface area contributed by atoms with Crippen LogP contribution in [0.25, 0.3) is 11.1 Å². The number of benzene rings is 2. The van der Waals surface area contributed by atoms with E-state index in [0.717, 1.165) is 42.8 Å². The second-order valence-electron chi connectivity index (χ2n) is 11.2. The van der Waals surface area contributed by atoms with Crippen molar-refractivity contribution < 1.29 is 23.5 Å². The molecular weight excluding hydrogens is 483 g/mol. The number of piperidine rings is 2. The molecule has 0 unspecified atom stereocenters. The van der Waals surface area contributed by atoms with Crippen molar-refractivity contribution in [1.82, 2.24) is 9.80 Å². The summed E-state index contributed by atoms with van der Waals surface area (Å²) in [5, 5.41) is 0. The van der Waals surface area contributed by atoms with Crippen LogP contribution in [0.3, 0.4) is 0 Å². The first-order chi connectivity index (χ1) is 18.2. The van der Waals surface area contributed by atoms with E-state index in [2.05, 4.69) is 4.90 Å². The molecule has 0 spiro atoms. The molecule has 38 heavy (non-hydrogen) atoms. The smallest absolute Gasteiger partial charge is 0.309 e. The molecule has 2 heterocycles. The number of hydrogen-bond donors (Lipinski definition) is 0. The van der Waals surface area contributed by atoms with E-state index in [-0.39, 0.29) is 17.8 Å². The Bertz CT molecular complexity index is 1050. The summed E-state index contributed by atoms with van der Waals surface area (Å²) >= 11 is 0. The minimum absolute atomic E-state index is 0.00171. The van der Waals surface area contributed by atoms with Crippen LogP contribution in [0.4, 0.5) is 4.39 Å². The van der Waals surface area contributed by atoms with Gasteiger partial charge in [-0.05, 0) is 101 Å². The zero-order valence-corrected chi connectivity index (χ0v) is 23.0. The minimum atomic E-state index is -1.15. The number of likely N-dealkylation sites (tertiary alicyclic amines) is 2. The summed E-state index contributed by atoms with van der Waals surface area (Å²) in [4.78, 5) is 28.9. The first kappa shape index (κ1) is 28.1. The lowest BCUT2D eigenvalue weighted by molar-refractivity contribution is -0.149. The number of halogens is 1. The summed E-state index contributed by atoms with van der Waals surface area (Å²) in [6.45, 7) is 9.64. The molecule has 2 fully saturated rings. The molecular formula is C31H41FN2O4. The average Bonchev–Trinajstić information content (AvgIpc) is 2.92. The van der Waals surface area contributed by atoms with Gasteiger partial charge in [0.05, 0.1) is 19.1 Å². The molecule has 2 aromatic rings. The lowest BCUT2D eigenvalue weighted by Crippen LogP contribution is -2.41. The summed E-state index contributed by atoms with van der Waals surface area (Å²) in [5.41, 5.74) is 1.61. The maximum Gasteiger partial charge on any atom is 0.309 e. The fourth-order valence-electron chi connectivity index (χ4n) is 5.37. The van der Waals surface area contributed by atoms with E-state index in [1.807, 2.05) is 60.4 Å². The number of carbonyl (C=O) groups is 2. The Morgan fingerprint density at radius 1 is 0.895 bits per heavy atom. The number of ether oxygens (including phenoxy) is 2. The van der Waals surface area contributed by atoms with E-state index < -0.39 is 5.67 Å². The Balaban J connectivity index is 1.23. The van der Waals surface area contributed by atoms with Gasteiger partial charge in [-0.15, -0.1) is 0 Å². The number of carbonyl (C=O) groups excluding carboxylic acids is 2. The largest absolute Gasteiger partial charge is 0.493 e. The maximum atomic E-state index is 13.9. The second-order valence-corrected chi connectivity index (χ2v) is 11.2. The van der Waals surface area contributed by atoms with Crippen LogP contribution in [0, 0.1) is 11.8 Å². The fourth-order valence-corrected chi connectivity index (χ4v) is 5.37. The van der Waals surface area contributed by atoms with E-state index in [1.165, 1.54) is 0 Å². The zero-order chi connectivity index (χ0) is 27.1. The predicted molar refractivity (Wildman–Crippen MR) is 147 cm³/mol. The first-order valence-corrected chi connectivity index (χ1v) is 13.9. The molecule has 2 aromatic carbocycles. The van der Waals surface area contributed by atoms with Crippen LogP contribution >= 0.6 is 0 Å². The van der Waals surface area contributed by atoms with Crippen molar-refractivity contribution in [2.45, 2.75) is 52.1 Å². The minimum Gasteiger partial charge on any atom is -0.493 e. The van der Waals surface area contributed by atoms with Gasteiger partial charge >= 0.3 is 5.97 Å². The maximum absolute atomic E-state index is 13.9.